The molecule has 1 aliphatic heterocycles. The van der Waals surface area contributed by atoms with Gasteiger partial charge in [0.05, 0.1) is 12.8 Å². The first-order valence-electron chi connectivity index (χ1n) is 7.74. The van der Waals surface area contributed by atoms with Crippen LogP contribution in [-0.2, 0) is 19.5 Å². The quantitative estimate of drug-likeness (QED) is 0.906. The number of thiophene rings is 1. The second kappa shape index (κ2) is 6.34. The van der Waals surface area contributed by atoms with E-state index in [2.05, 4.69) is 48.5 Å². The van der Waals surface area contributed by atoms with Crippen molar-refractivity contribution in [1.82, 2.24) is 10.2 Å². The molecule has 0 saturated carbocycles. The summed E-state index contributed by atoms with van der Waals surface area (Å²) in [4.78, 5) is 4.08. The number of furan rings is 1. The Morgan fingerprint density at radius 1 is 1.43 bits per heavy atom. The van der Waals surface area contributed by atoms with Gasteiger partial charge in [-0.15, -0.1) is 11.3 Å². The third-order valence-electron chi connectivity index (χ3n) is 4.29. The first kappa shape index (κ1) is 14.8. The predicted octanol–water partition coefficient (Wildman–Crippen LogP) is 3.96. The maximum atomic E-state index is 5.74. The predicted molar refractivity (Wildman–Crippen MR) is 87.5 cm³/mol. The SMILES string of the molecule is CC(C)NCc1ccoc1CN1CCc2sccc2C1C. The molecule has 3 heterocycles. The molecular formula is C17H24N2OS. The summed E-state index contributed by atoms with van der Waals surface area (Å²) in [5.41, 5.74) is 2.78. The van der Waals surface area contributed by atoms with Crippen LogP contribution in [0.5, 0.6) is 0 Å². The van der Waals surface area contributed by atoms with E-state index >= 15 is 0 Å². The molecular weight excluding hydrogens is 280 g/mol. The molecule has 1 N–H and O–H groups in total. The molecule has 1 unspecified atom stereocenters. The van der Waals surface area contributed by atoms with Crippen molar-refractivity contribution in [2.45, 2.75) is 52.4 Å². The molecule has 0 fully saturated rings. The van der Waals surface area contributed by atoms with Gasteiger partial charge in [0.15, 0.2) is 0 Å². The molecule has 3 rings (SSSR count). The van der Waals surface area contributed by atoms with Gasteiger partial charge >= 0.3 is 0 Å². The van der Waals surface area contributed by atoms with Crippen molar-refractivity contribution in [2.24, 2.45) is 0 Å². The molecule has 1 atom stereocenters. The number of hydrogen-bond donors (Lipinski definition) is 1. The number of nitrogens with zero attached hydrogens (tertiary/aromatic N) is 1. The van der Waals surface area contributed by atoms with E-state index < -0.39 is 0 Å². The number of rotatable bonds is 5. The van der Waals surface area contributed by atoms with Crippen LogP contribution in [-0.4, -0.2) is 17.5 Å². The molecule has 0 aromatic carbocycles. The fraction of sp³-hybridized carbons (Fsp3) is 0.529. The minimum absolute atomic E-state index is 0.482. The van der Waals surface area contributed by atoms with Crippen LogP contribution in [0.25, 0.3) is 0 Å². The number of hydrogen-bond acceptors (Lipinski definition) is 4. The number of fused-ring (bicyclic) bond motifs is 1. The normalized spacial score (nSPS) is 19.1. The molecule has 21 heavy (non-hydrogen) atoms. The Kier molecular flexibility index (Phi) is 4.48. The van der Waals surface area contributed by atoms with Gasteiger partial charge in [0.1, 0.15) is 5.76 Å². The summed E-state index contributed by atoms with van der Waals surface area (Å²) < 4.78 is 5.74. The lowest BCUT2D eigenvalue weighted by Gasteiger charge is -2.33. The summed E-state index contributed by atoms with van der Waals surface area (Å²) in [6.45, 7) is 9.55. The first-order valence-corrected chi connectivity index (χ1v) is 8.62. The monoisotopic (exact) mass is 304 g/mol. The fourth-order valence-corrected chi connectivity index (χ4v) is 3.90. The number of nitrogens with one attached hydrogen (secondary N) is 1. The van der Waals surface area contributed by atoms with Crippen molar-refractivity contribution >= 4 is 11.3 Å². The van der Waals surface area contributed by atoms with Crippen LogP contribution < -0.4 is 5.32 Å². The smallest absolute Gasteiger partial charge is 0.122 e. The second-order valence-corrected chi connectivity index (χ2v) is 7.10. The summed E-state index contributed by atoms with van der Waals surface area (Å²) >= 11 is 1.89. The van der Waals surface area contributed by atoms with Crippen molar-refractivity contribution in [1.29, 1.82) is 0 Å². The summed E-state index contributed by atoms with van der Waals surface area (Å²) in [6.07, 6.45) is 2.98. The Bertz CT molecular complexity index is 587. The van der Waals surface area contributed by atoms with Gasteiger partial charge in [0.25, 0.3) is 0 Å². The van der Waals surface area contributed by atoms with Gasteiger partial charge < -0.3 is 9.73 Å². The molecule has 0 aliphatic carbocycles. The van der Waals surface area contributed by atoms with Gasteiger partial charge in [0, 0.05) is 35.6 Å². The largest absolute Gasteiger partial charge is 0.468 e. The Labute approximate surface area is 131 Å². The zero-order valence-electron chi connectivity index (χ0n) is 13.1. The van der Waals surface area contributed by atoms with Gasteiger partial charge in [-0.2, -0.15) is 0 Å². The van der Waals surface area contributed by atoms with Crippen LogP contribution in [0, 0.1) is 0 Å². The summed E-state index contributed by atoms with van der Waals surface area (Å²) in [5.74, 6) is 1.11. The molecule has 0 radical (unpaired) electrons. The molecule has 2 aromatic heterocycles. The highest BCUT2D eigenvalue weighted by atomic mass is 32.1. The maximum Gasteiger partial charge on any atom is 0.122 e. The van der Waals surface area contributed by atoms with Crippen molar-refractivity contribution < 1.29 is 4.42 Å². The highest BCUT2D eigenvalue weighted by molar-refractivity contribution is 7.10. The minimum atomic E-state index is 0.482. The van der Waals surface area contributed by atoms with E-state index in [9.17, 15) is 0 Å². The lowest BCUT2D eigenvalue weighted by Crippen LogP contribution is -2.33. The van der Waals surface area contributed by atoms with E-state index in [0.29, 0.717) is 12.1 Å². The highest BCUT2D eigenvalue weighted by Crippen LogP contribution is 2.34. The van der Waals surface area contributed by atoms with Crippen LogP contribution in [0.1, 0.15) is 48.6 Å². The van der Waals surface area contributed by atoms with Gasteiger partial charge in [-0.3, -0.25) is 4.90 Å². The standard InChI is InChI=1S/C17H24N2OS/c1-12(2)18-10-14-5-8-20-16(14)11-19-7-4-17-15(13(19)3)6-9-21-17/h5-6,8-9,12-13,18H,4,7,10-11H2,1-3H3. The van der Waals surface area contributed by atoms with Gasteiger partial charge in [0.2, 0.25) is 0 Å². The zero-order valence-corrected chi connectivity index (χ0v) is 13.9. The Morgan fingerprint density at radius 3 is 3.10 bits per heavy atom. The van der Waals surface area contributed by atoms with E-state index in [-0.39, 0.29) is 0 Å². The van der Waals surface area contributed by atoms with E-state index in [0.717, 1.165) is 31.8 Å². The van der Waals surface area contributed by atoms with Crippen LogP contribution >= 0.6 is 11.3 Å². The molecule has 0 bridgehead atoms. The topological polar surface area (TPSA) is 28.4 Å². The Morgan fingerprint density at radius 2 is 2.29 bits per heavy atom. The lowest BCUT2D eigenvalue weighted by molar-refractivity contribution is 0.176. The van der Waals surface area contributed by atoms with Crippen LogP contribution in [0.4, 0.5) is 0 Å². The summed E-state index contributed by atoms with van der Waals surface area (Å²) in [6, 6.07) is 5.35. The van der Waals surface area contributed by atoms with Gasteiger partial charge in [-0.25, -0.2) is 0 Å². The molecule has 0 amide bonds. The van der Waals surface area contributed by atoms with Crippen LogP contribution in [0.15, 0.2) is 28.2 Å². The van der Waals surface area contributed by atoms with Crippen molar-refractivity contribution in [3.05, 3.63) is 45.5 Å². The average molecular weight is 304 g/mol. The van der Waals surface area contributed by atoms with Crippen LogP contribution in [0.2, 0.25) is 0 Å². The van der Waals surface area contributed by atoms with Gasteiger partial charge in [-0.05, 0) is 36.4 Å². The van der Waals surface area contributed by atoms with Crippen LogP contribution in [0.3, 0.4) is 0 Å². The zero-order chi connectivity index (χ0) is 14.8. The molecule has 0 spiro atoms. The van der Waals surface area contributed by atoms with Crippen molar-refractivity contribution in [3.63, 3.8) is 0 Å². The molecule has 4 heteroatoms. The second-order valence-electron chi connectivity index (χ2n) is 6.10. The van der Waals surface area contributed by atoms with Gasteiger partial charge in [-0.1, -0.05) is 13.8 Å². The van der Waals surface area contributed by atoms with Crippen molar-refractivity contribution in [3.8, 4) is 0 Å². The minimum Gasteiger partial charge on any atom is -0.468 e. The Hall–Kier alpha value is -1.10. The highest BCUT2D eigenvalue weighted by Gasteiger charge is 2.25. The molecule has 2 aromatic rings. The van der Waals surface area contributed by atoms with Crippen molar-refractivity contribution in [2.75, 3.05) is 6.54 Å². The Balaban J connectivity index is 1.69. The lowest BCUT2D eigenvalue weighted by atomic mass is 10.0. The summed E-state index contributed by atoms with van der Waals surface area (Å²) in [5, 5.41) is 5.69. The molecule has 0 saturated heterocycles. The van der Waals surface area contributed by atoms with E-state index in [1.165, 1.54) is 11.1 Å². The fourth-order valence-electron chi connectivity index (χ4n) is 2.94. The third kappa shape index (κ3) is 3.23. The van der Waals surface area contributed by atoms with E-state index in [4.69, 9.17) is 4.42 Å². The summed E-state index contributed by atoms with van der Waals surface area (Å²) in [7, 11) is 0. The van der Waals surface area contributed by atoms with E-state index in [1.54, 1.807) is 4.88 Å². The average Bonchev–Trinajstić information content (AvgIpc) is 3.09. The maximum absolute atomic E-state index is 5.74. The third-order valence-corrected chi connectivity index (χ3v) is 5.29. The molecule has 1 aliphatic rings. The molecule has 3 nitrogen and oxygen atoms in total. The first-order chi connectivity index (χ1) is 10.1. The molecule has 114 valence electrons. The van der Waals surface area contributed by atoms with E-state index in [1.807, 2.05) is 17.6 Å².